The molecule has 0 unspecified atom stereocenters. The van der Waals surface area contributed by atoms with Crippen LogP contribution in [0.2, 0.25) is 0 Å². The monoisotopic (exact) mass is 559 g/mol. The standard InChI is InChI=1S/C32H37N3O4S/c1-22-20-23(2)29(24(3)21-22)10-11-30-31(25(4)33-39-30)40(37,38)35-18-14-28(15-19-35)32(36)34-16-12-27(13-17-34)26-8-6-5-7-9-26/h5-12,20-21,28H,13-19H2,1-4H3/b11-10+. The van der Waals surface area contributed by atoms with Crippen molar-refractivity contribution in [1.82, 2.24) is 14.4 Å². The summed E-state index contributed by atoms with van der Waals surface area (Å²) in [6.07, 6.45) is 7.56. The molecule has 0 spiro atoms. The molecule has 1 fully saturated rings. The Balaban J connectivity index is 1.25. The summed E-state index contributed by atoms with van der Waals surface area (Å²) in [5.74, 6) is 0.173. The summed E-state index contributed by atoms with van der Waals surface area (Å²) in [7, 11) is -3.83. The lowest BCUT2D eigenvalue weighted by atomic mass is 9.94. The van der Waals surface area contributed by atoms with E-state index in [1.165, 1.54) is 21.0 Å². The SMILES string of the molecule is Cc1cc(C)c(/C=C/c2onc(C)c2S(=O)(=O)N2CCC(C(=O)N3CC=C(c4ccccc4)CC3)CC2)c(C)c1. The molecule has 2 aliphatic heterocycles. The highest BCUT2D eigenvalue weighted by molar-refractivity contribution is 7.89. The van der Waals surface area contributed by atoms with Crippen molar-refractivity contribution in [3.05, 3.63) is 87.8 Å². The molecule has 0 bridgehead atoms. The lowest BCUT2D eigenvalue weighted by molar-refractivity contribution is -0.136. The van der Waals surface area contributed by atoms with Gasteiger partial charge in [-0.2, -0.15) is 4.31 Å². The highest BCUT2D eigenvalue weighted by Crippen LogP contribution is 2.31. The highest BCUT2D eigenvalue weighted by Gasteiger charge is 2.37. The van der Waals surface area contributed by atoms with Crippen molar-refractivity contribution in [2.75, 3.05) is 26.2 Å². The van der Waals surface area contributed by atoms with Gasteiger partial charge in [0.15, 0.2) is 10.7 Å². The molecular formula is C32H37N3O4S. The topological polar surface area (TPSA) is 83.7 Å². The van der Waals surface area contributed by atoms with E-state index in [0.29, 0.717) is 44.7 Å². The lowest BCUT2D eigenvalue weighted by Crippen LogP contribution is -2.45. The maximum Gasteiger partial charge on any atom is 0.248 e. The van der Waals surface area contributed by atoms with Crippen molar-refractivity contribution in [1.29, 1.82) is 0 Å². The second kappa shape index (κ2) is 11.6. The van der Waals surface area contributed by atoms with Gasteiger partial charge in [0.2, 0.25) is 15.9 Å². The van der Waals surface area contributed by atoms with Crippen LogP contribution in [0.4, 0.5) is 0 Å². The van der Waals surface area contributed by atoms with E-state index in [9.17, 15) is 13.2 Å². The lowest BCUT2D eigenvalue weighted by Gasteiger charge is -2.34. The van der Waals surface area contributed by atoms with Gasteiger partial charge in [-0.1, -0.05) is 65.3 Å². The Morgan fingerprint density at radius 3 is 2.27 bits per heavy atom. The Labute approximate surface area is 237 Å². The molecule has 1 saturated heterocycles. The molecule has 3 heterocycles. The van der Waals surface area contributed by atoms with E-state index in [-0.39, 0.29) is 22.5 Å². The predicted molar refractivity (Wildman–Crippen MR) is 158 cm³/mol. The summed E-state index contributed by atoms with van der Waals surface area (Å²) in [6.45, 7) is 9.65. The zero-order valence-electron chi connectivity index (χ0n) is 23.7. The molecule has 0 aliphatic carbocycles. The first-order valence-electron chi connectivity index (χ1n) is 13.9. The molecule has 7 nitrogen and oxygen atoms in total. The van der Waals surface area contributed by atoms with Crippen LogP contribution in [-0.2, 0) is 14.8 Å². The van der Waals surface area contributed by atoms with E-state index in [1.807, 2.05) is 43.0 Å². The number of hydrogen-bond acceptors (Lipinski definition) is 5. The summed E-state index contributed by atoms with van der Waals surface area (Å²) >= 11 is 0. The van der Waals surface area contributed by atoms with Crippen LogP contribution in [0.3, 0.4) is 0 Å². The molecule has 1 amide bonds. The summed E-state index contributed by atoms with van der Waals surface area (Å²) < 4.78 is 34.4. The molecule has 0 saturated carbocycles. The van der Waals surface area contributed by atoms with Gasteiger partial charge in [0, 0.05) is 32.1 Å². The summed E-state index contributed by atoms with van der Waals surface area (Å²) in [5.41, 5.74) is 7.25. The van der Waals surface area contributed by atoms with E-state index >= 15 is 0 Å². The third-order valence-corrected chi connectivity index (χ3v) is 10.1. The molecule has 2 aromatic carbocycles. The first kappa shape index (κ1) is 28.1. The molecule has 210 valence electrons. The van der Waals surface area contributed by atoms with E-state index in [4.69, 9.17) is 4.52 Å². The van der Waals surface area contributed by atoms with Gasteiger partial charge >= 0.3 is 0 Å². The number of aromatic nitrogens is 1. The fraction of sp³-hybridized carbons (Fsp3) is 0.375. The first-order valence-corrected chi connectivity index (χ1v) is 15.3. The number of benzene rings is 2. The number of hydrogen-bond donors (Lipinski definition) is 0. The van der Waals surface area contributed by atoms with Crippen LogP contribution in [0.25, 0.3) is 17.7 Å². The molecule has 2 aliphatic rings. The number of carbonyl (C=O) groups excluding carboxylic acids is 1. The molecule has 40 heavy (non-hydrogen) atoms. The van der Waals surface area contributed by atoms with Crippen molar-refractivity contribution in [2.24, 2.45) is 5.92 Å². The molecular weight excluding hydrogens is 522 g/mol. The predicted octanol–water partition coefficient (Wildman–Crippen LogP) is 5.80. The number of sulfonamides is 1. The van der Waals surface area contributed by atoms with Crippen LogP contribution in [0.1, 0.15) is 58.5 Å². The Morgan fingerprint density at radius 2 is 1.65 bits per heavy atom. The van der Waals surface area contributed by atoms with Gasteiger partial charge in [-0.15, -0.1) is 0 Å². The Kier molecular flexibility index (Phi) is 8.10. The molecule has 5 rings (SSSR count). The summed E-state index contributed by atoms with van der Waals surface area (Å²) in [5, 5.41) is 3.98. The smallest absolute Gasteiger partial charge is 0.248 e. The minimum absolute atomic E-state index is 0.102. The Bertz CT molecular complexity index is 1540. The number of carbonyl (C=O) groups is 1. The van der Waals surface area contributed by atoms with E-state index in [0.717, 1.165) is 23.1 Å². The van der Waals surface area contributed by atoms with Crippen molar-refractivity contribution in [3.8, 4) is 0 Å². The average molecular weight is 560 g/mol. The quantitative estimate of drug-likeness (QED) is 0.381. The molecule has 0 radical (unpaired) electrons. The van der Waals surface area contributed by atoms with Crippen molar-refractivity contribution < 1.29 is 17.7 Å². The first-order chi connectivity index (χ1) is 19.1. The molecule has 3 aromatic rings. The third kappa shape index (κ3) is 5.69. The van der Waals surface area contributed by atoms with Gasteiger partial charge in [-0.05, 0) is 80.9 Å². The number of amides is 1. The van der Waals surface area contributed by atoms with Crippen molar-refractivity contribution in [3.63, 3.8) is 0 Å². The van der Waals surface area contributed by atoms with Gasteiger partial charge in [-0.3, -0.25) is 4.79 Å². The van der Waals surface area contributed by atoms with Crippen LogP contribution in [0.5, 0.6) is 0 Å². The largest absolute Gasteiger partial charge is 0.355 e. The van der Waals surface area contributed by atoms with Gasteiger partial charge < -0.3 is 9.42 Å². The molecule has 8 heteroatoms. The van der Waals surface area contributed by atoms with E-state index in [1.54, 1.807) is 13.0 Å². The average Bonchev–Trinajstić information content (AvgIpc) is 3.33. The number of piperidine rings is 1. The van der Waals surface area contributed by atoms with E-state index < -0.39 is 10.0 Å². The number of rotatable bonds is 6. The molecule has 0 atom stereocenters. The van der Waals surface area contributed by atoms with Gasteiger partial charge in [0.1, 0.15) is 5.69 Å². The zero-order valence-corrected chi connectivity index (χ0v) is 24.5. The second-order valence-electron chi connectivity index (χ2n) is 10.9. The van der Waals surface area contributed by atoms with Crippen LogP contribution in [0, 0.1) is 33.6 Å². The fourth-order valence-electron chi connectivity index (χ4n) is 5.93. The fourth-order valence-corrected chi connectivity index (χ4v) is 7.65. The van der Waals surface area contributed by atoms with Gasteiger partial charge in [0.25, 0.3) is 0 Å². The van der Waals surface area contributed by atoms with Gasteiger partial charge in [-0.25, -0.2) is 8.42 Å². The van der Waals surface area contributed by atoms with E-state index in [2.05, 4.69) is 42.4 Å². The minimum Gasteiger partial charge on any atom is -0.355 e. The van der Waals surface area contributed by atoms with Crippen LogP contribution in [0.15, 0.2) is 58.0 Å². The third-order valence-electron chi connectivity index (χ3n) is 8.04. The Hall–Kier alpha value is -3.49. The Morgan fingerprint density at radius 1 is 0.975 bits per heavy atom. The highest BCUT2D eigenvalue weighted by atomic mass is 32.2. The number of nitrogens with zero attached hydrogens (tertiary/aromatic N) is 3. The second-order valence-corrected chi connectivity index (χ2v) is 12.8. The van der Waals surface area contributed by atoms with Crippen LogP contribution < -0.4 is 0 Å². The summed E-state index contributed by atoms with van der Waals surface area (Å²) in [6, 6.07) is 14.5. The van der Waals surface area contributed by atoms with Gasteiger partial charge in [0.05, 0.1) is 0 Å². The number of aryl methyl sites for hydroxylation is 4. The maximum atomic E-state index is 13.7. The minimum atomic E-state index is -3.83. The normalized spacial score (nSPS) is 17.4. The molecule has 1 aromatic heterocycles. The zero-order chi connectivity index (χ0) is 28.4. The van der Waals surface area contributed by atoms with Crippen molar-refractivity contribution in [2.45, 2.75) is 51.9 Å². The molecule has 0 N–H and O–H groups in total. The maximum absolute atomic E-state index is 13.7. The summed E-state index contributed by atoms with van der Waals surface area (Å²) in [4.78, 5) is 15.3. The van der Waals surface area contributed by atoms with Crippen LogP contribution in [-0.4, -0.2) is 54.9 Å². The van der Waals surface area contributed by atoms with Crippen molar-refractivity contribution >= 4 is 33.7 Å². The van der Waals surface area contributed by atoms with Crippen LogP contribution >= 0.6 is 0 Å².